The summed E-state index contributed by atoms with van der Waals surface area (Å²) in [6, 6.07) is 14.6. The lowest BCUT2D eigenvalue weighted by Gasteiger charge is -2.11. The average Bonchev–Trinajstić information content (AvgIpc) is 2.96. The number of carbonyl (C=O) groups is 2. The fourth-order valence-corrected chi connectivity index (χ4v) is 2.28. The molecule has 0 aliphatic carbocycles. The zero-order valence-corrected chi connectivity index (χ0v) is 13.6. The van der Waals surface area contributed by atoms with Crippen molar-refractivity contribution in [3.63, 3.8) is 0 Å². The van der Waals surface area contributed by atoms with Crippen molar-refractivity contribution in [1.82, 2.24) is 10.3 Å². The molecule has 0 spiro atoms. The zero-order valence-electron chi connectivity index (χ0n) is 13.6. The Kier molecular flexibility index (Phi) is 4.94. The highest BCUT2D eigenvalue weighted by molar-refractivity contribution is 6.02. The zero-order chi connectivity index (χ0) is 17.6. The molecule has 0 unspecified atom stereocenters. The van der Waals surface area contributed by atoms with Crippen LogP contribution in [0.25, 0.3) is 0 Å². The summed E-state index contributed by atoms with van der Waals surface area (Å²) in [5.41, 5.74) is 1.77. The van der Waals surface area contributed by atoms with Gasteiger partial charge in [-0.1, -0.05) is 30.3 Å². The normalized spacial score (nSPS) is 14.0. The Labute approximate surface area is 144 Å². The third-order valence-corrected chi connectivity index (χ3v) is 3.55. The van der Waals surface area contributed by atoms with Gasteiger partial charge in [0.2, 0.25) is 5.91 Å². The number of hydrogen-bond donors (Lipinski definition) is 1. The summed E-state index contributed by atoms with van der Waals surface area (Å²) in [5.74, 6) is 0.795. The molecule has 128 valence electrons. The number of benzene rings is 2. The molecule has 1 N–H and O–H groups in total. The minimum Gasteiger partial charge on any atom is -0.493 e. The Morgan fingerprint density at radius 3 is 2.64 bits per heavy atom. The minimum atomic E-state index is -0.531. The molecular formula is C18H17N3O4. The predicted molar refractivity (Wildman–Crippen MR) is 91.6 cm³/mol. The van der Waals surface area contributed by atoms with Gasteiger partial charge in [0.1, 0.15) is 13.2 Å². The van der Waals surface area contributed by atoms with Crippen molar-refractivity contribution in [2.45, 2.75) is 6.61 Å². The summed E-state index contributed by atoms with van der Waals surface area (Å²) < 4.78 is 11.1. The molecule has 0 bridgehead atoms. The highest BCUT2D eigenvalue weighted by atomic mass is 16.5. The van der Waals surface area contributed by atoms with Gasteiger partial charge < -0.3 is 9.47 Å². The Morgan fingerprint density at radius 2 is 1.96 bits per heavy atom. The van der Waals surface area contributed by atoms with Gasteiger partial charge in [-0.2, -0.15) is 5.10 Å². The number of hydrazone groups is 1. The molecule has 1 saturated heterocycles. The first-order chi connectivity index (χ1) is 12.2. The van der Waals surface area contributed by atoms with E-state index in [9.17, 15) is 9.59 Å². The first-order valence-corrected chi connectivity index (χ1v) is 7.66. The van der Waals surface area contributed by atoms with Crippen molar-refractivity contribution >= 4 is 18.2 Å². The molecule has 1 heterocycles. The minimum absolute atomic E-state index is 0.0786. The van der Waals surface area contributed by atoms with Crippen LogP contribution in [0.2, 0.25) is 0 Å². The van der Waals surface area contributed by atoms with Gasteiger partial charge in [-0.15, -0.1) is 0 Å². The standard InChI is InChI=1S/C18H17N3O4/c1-24-16-9-14(10-19-21-11-17(22)20-18(21)23)7-8-15(16)25-12-13-5-3-2-4-6-13/h2-10H,11-12H2,1H3,(H,20,22,23)/b19-10+. The maximum Gasteiger partial charge on any atom is 0.344 e. The SMILES string of the molecule is COc1cc(/C=N/N2CC(=O)NC2=O)ccc1OCc1ccccc1. The first-order valence-electron chi connectivity index (χ1n) is 7.66. The van der Waals surface area contributed by atoms with Gasteiger partial charge in [-0.3, -0.25) is 10.1 Å². The van der Waals surface area contributed by atoms with Gasteiger partial charge in [0.25, 0.3) is 0 Å². The van der Waals surface area contributed by atoms with E-state index in [1.165, 1.54) is 6.21 Å². The van der Waals surface area contributed by atoms with Crippen molar-refractivity contribution in [3.8, 4) is 11.5 Å². The van der Waals surface area contributed by atoms with Crippen molar-refractivity contribution in [2.24, 2.45) is 5.10 Å². The lowest BCUT2D eigenvalue weighted by Crippen LogP contribution is -2.24. The average molecular weight is 339 g/mol. The Morgan fingerprint density at radius 1 is 1.16 bits per heavy atom. The summed E-state index contributed by atoms with van der Waals surface area (Å²) in [7, 11) is 1.55. The molecule has 25 heavy (non-hydrogen) atoms. The number of carbonyl (C=O) groups excluding carboxylic acids is 2. The first kappa shape index (κ1) is 16.5. The molecule has 1 aliphatic rings. The van der Waals surface area contributed by atoms with Crippen LogP contribution in [-0.2, 0) is 11.4 Å². The van der Waals surface area contributed by atoms with Gasteiger partial charge >= 0.3 is 6.03 Å². The molecule has 3 amide bonds. The molecule has 7 heteroatoms. The number of nitrogens with zero attached hydrogens (tertiary/aromatic N) is 2. The summed E-state index contributed by atoms with van der Waals surface area (Å²) in [6.45, 7) is 0.353. The number of methoxy groups -OCH3 is 1. The number of rotatable bonds is 6. The smallest absolute Gasteiger partial charge is 0.344 e. The number of urea groups is 1. The van der Waals surface area contributed by atoms with Crippen LogP contribution in [0.15, 0.2) is 53.6 Å². The van der Waals surface area contributed by atoms with Gasteiger partial charge in [0, 0.05) is 0 Å². The number of ether oxygens (including phenoxy) is 2. The Hall–Kier alpha value is -3.35. The second-order valence-corrected chi connectivity index (χ2v) is 5.34. The number of amides is 3. The second-order valence-electron chi connectivity index (χ2n) is 5.34. The second kappa shape index (κ2) is 7.48. The lowest BCUT2D eigenvalue weighted by atomic mass is 10.2. The van der Waals surface area contributed by atoms with Crippen LogP contribution in [0.4, 0.5) is 4.79 Å². The third-order valence-electron chi connectivity index (χ3n) is 3.55. The monoisotopic (exact) mass is 339 g/mol. The van der Waals surface area contributed by atoms with Crippen molar-refractivity contribution in [2.75, 3.05) is 13.7 Å². The molecule has 2 aromatic carbocycles. The highest BCUT2D eigenvalue weighted by Gasteiger charge is 2.25. The third kappa shape index (κ3) is 4.14. The Balaban J connectivity index is 1.69. The largest absolute Gasteiger partial charge is 0.493 e. The van der Waals surface area contributed by atoms with Crippen LogP contribution in [0, 0.1) is 0 Å². The molecule has 1 aliphatic heterocycles. The summed E-state index contributed by atoms with van der Waals surface area (Å²) in [5, 5.41) is 7.22. The molecule has 2 aromatic rings. The quantitative estimate of drug-likeness (QED) is 0.646. The van der Waals surface area contributed by atoms with E-state index in [1.54, 1.807) is 25.3 Å². The van der Waals surface area contributed by atoms with E-state index in [0.717, 1.165) is 16.1 Å². The van der Waals surface area contributed by atoms with E-state index in [1.807, 2.05) is 30.3 Å². The van der Waals surface area contributed by atoms with Crippen LogP contribution in [0.1, 0.15) is 11.1 Å². The van der Waals surface area contributed by atoms with Gasteiger partial charge in [-0.25, -0.2) is 9.80 Å². The topological polar surface area (TPSA) is 80.2 Å². The van der Waals surface area contributed by atoms with E-state index >= 15 is 0 Å². The fourth-order valence-electron chi connectivity index (χ4n) is 2.28. The fraction of sp³-hybridized carbons (Fsp3) is 0.167. The molecule has 3 rings (SSSR count). The van der Waals surface area contributed by atoms with Crippen molar-refractivity contribution in [1.29, 1.82) is 0 Å². The van der Waals surface area contributed by atoms with Crippen LogP contribution in [-0.4, -0.2) is 36.8 Å². The summed E-state index contributed by atoms with van der Waals surface area (Å²) in [6.07, 6.45) is 1.49. The van der Waals surface area contributed by atoms with E-state index < -0.39 is 6.03 Å². The maximum atomic E-state index is 11.4. The molecule has 0 atom stereocenters. The molecule has 1 fully saturated rings. The van der Waals surface area contributed by atoms with Crippen LogP contribution in [0.3, 0.4) is 0 Å². The van der Waals surface area contributed by atoms with E-state index in [0.29, 0.717) is 18.1 Å². The van der Waals surface area contributed by atoms with Gasteiger partial charge in [0.15, 0.2) is 11.5 Å². The van der Waals surface area contributed by atoms with E-state index in [4.69, 9.17) is 9.47 Å². The molecular weight excluding hydrogens is 322 g/mol. The summed E-state index contributed by atoms with van der Waals surface area (Å²) >= 11 is 0. The number of nitrogens with one attached hydrogen (secondary N) is 1. The highest BCUT2D eigenvalue weighted by Crippen LogP contribution is 2.28. The van der Waals surface area contributed by atoms with Crippen molar-refractivity contribution in [3.05, 3.63) is 59.7 Å². The number of imide groups is 1. The molecule has 0 saturated carbocycles. The van der Waals surface area contributed by atoms with Crippen LogP contribution in [0.5, 0.6) is 11.5 Å². The molecule has 0 aromatic heterocycles. The molecule has 0 radical (unpaired) electrons. The lowest BCUT2D eigenvalue weighted by molar-refractivity contribution is -0.118. The number of hydrogen-bond acceptors (Lipinski definition) is 5. The maximum absolute atomic E-state index is 11.4. The van der Waals surface area contributed by atoms with E-state index in [2.05, 4.69) is 10.4 Å². The summed E-state index contributed by atoms with van der Waals surface area (Å²) in [4.78, 5) is 22.6. The van der Waals surface area contributed by atoms with Crippen molar-refractivity contribution < 1.29 is 19.1 Å². The van der Waals surface area contributed by atoms with Gasteiger partial charge in [-0.05, 0) is 29.3 Å². The van der Waals surface area contributed by atoms with E-state index in [-0.39, 0.29) is 12.5 Å². The van der Waals surface area contributed by atoms with Gasteiger partial charge in [0.05, 0.1) is 13.3 Å². The Bertz CT molecular complexity index is 805. The van der Waals surface area contributed by atoms with Crippen LogP contribution < -0.4 is 14.8 Å². The predicted octanol–water partition coefficient (Wildman–Crippen LogP) is 2.16. The van der Waals surface area contributed by atoms with Crippen LogP contribution >= 0.6 is 0 Å². The molecule has 7 nitrogen and oxygen atoms in total.